The molecule has 0 saturated heterocycles. The summed E-state index contributed by atoms with van der Waals surface area (Å²) in [7, 11) is 0. The summed E-state index contributed by atoms with van der Waals surface area (Å²) in [5, 5.41) is 22.7. The molecule has 0 bridgehead atoms. The van der Waals surface area contributed by atoms with Crippen molar-refractivity contribution in [2.75, 3.05) is 0 Å². The van der Waals surface area contributed by atoms with Crippen LogP contribution in [0.1, 0.15) is 62.3 Å². The molecule has 0 aliphatic rings. The van der Waals surface area contributed by atoms with E-state index in [0.29, 0.717) is 25.8 Å². The Kier molecular flexibility index (Phi) is 12.8. The van der Waals surface area contributed by atoms with Crippen LogP contribution in [-0.4, -0.2) is 29.2 Å². The summed E-state index contributed by atoms with van der Waals surface area (Å²) in [5.74, 6) is -2.33. The van der Waals surface area contributed by atoms with Crippen molar-refractivity contribution >= 4 is 18.0 Å². The number of aliphatic carboxylic acids is 2. The number of allylic oxidation sites excluding steroid dienone is 1. The first-order chi connectivity index (χ1) is 17.4. The third-order valence-corrected chi connectivity index (χ3v) is 5.78. The Labute approximate surface area is 212 Å². The zero-order chi connectivity index (χ0) is 26.2. The number of carboxylic acid groups (broad SMARTS) is 2. The smallest absolute Gasteiger partial charge is 0.408 e. The molecule has 2 N–H and O–H groups in total. The van der Waals surface area contributed by atoms with E-state index in [1.807, 2.05) is 36.5 Å². The second-order valence-electron chi connectivity index (χ2n) is 8.70. The van der Waals surface area contributed by atoms with E-state index in [9.17, 15) is 24.6 Å². The van der Waals surface area contributed by atoms with Crippen LogP contribution in [0.2, 0.25) is 0 Å². The number of carbonyl (C=O) groups excluding carboxylic acids is 2. The summed E-state index contributed by atoms with van der Waals surface area (Å²) >= 11 is 0. The van der Waals surface area contributed by atoms with Gasteiger partial charge in [-0.3, -0.25) is 0 Å². The summed E-state index contributed by atoms with van der Waals surface area (Å²) in [6.45, 7) is 2.88. The predicted molar refractivity (Wildman–Crippen MR) is 133 cm³/mol. The zero-order valence-electron chi connectivity index (χ0n) is 20.9. The number of alkyl carbamates (subject to hydrolysis) is 1. The number of nitrogens with zero attached hydrogens (tertiary/aromatic N) is 1. The summed E-state index contributed by atoms with van der Waals surface area (Å²) in [6.07, 6.45) is 10.2. The molecule has 1 aromatic carbocycles. The maximum Gasteiger partial charge on any atom is 0.408 e. The number of nitrogens with one attached hydrogen (secondary N) is 1. The van der Waals surface area contributed by atoms with Gasteiger partial charge in [0.1, 0.15) is 19.2 Å². The first-order valence-corrected chi connectivity index (χ1v) is 12.5. The minimum atomic E-state index is -1.23. The quantitative estimate of drug-likeness (QED) is 0.209. The molecule has 0 radical (unpaired) electrons. The van der Waals surface area contributed by atoms with Crippen LogP contribution < -0.4 is 15.0 Å². The van der Waals surface area contributed by atoms with Gasteiger partial charge >= 0.3 is 12.1 Å². The van der Waals surface area contributed by atoms with Gasteiger partial charge in [0.15, 0.2) is 11.9 Å². The second kappa shape index (κ2) is 16.1. The third-order valence-electron chi connectivity index (χ3n) is 5.78. The van der Waals surface area contributed by atoms with E-state index in [4.69, 9.17) is 4.74 Å². The highest BCUT2D eigenvalue weighted by Gasteiger charge is 2.21. The van der Waals surface area contributed by atoms with Gasteiger partial charge in [-0.15, -0.1) is 0 Å². The van der Waals surface area contributed by atoms with Crippen LogP contribution in [0.15, 0.2) is 60.8 Å². The third kappa shape index (κ3) is 11.2. The van der Waals surface area contributed by atoms with Crippen LogP contribution >= 0.6 is 0 Å². The molecule has 36 heavy (non-hydrogen) atoms. The van der Waals surface area contributed by atoms with Crippen molar-refractivity contribution in [2.24, 2.45) is 0 Å². The van der Waals surface area contributed by atoms with Gasteiger partial charge < -0.3 is 25.1 Å². The maximum absolute atomic E-state index is 12.1. The molecule has 1 heterocycles. The van der Waals surface area contributed by atoms with Crippen LogP contribution in [-0.2, 0) is 40.3 Å². The molecule has 0 saturated carbocycles. The molecule has 8 heteroatoms. The predicted octanol–water partition coefficient (Wildman–Crippen LogP) is 3.11. The van der Waals surface area contributed by atoms with Gasteiger partial charge in [-0.1, -0.05) is 56.2 Å². The number of carbonyl (C=O) groups is 3. The molecule has 1 amide bonds. The number of amides is 1. The SMILES string of the molecule is CCCCCc1cc[n+](CCCC[C@H](NC(=O)OCc2ccccc2)C(=O)O)c(C/C=C/C(=O)[O-])c1. The molecule has 0 spiro atoms. The summed E-state index contributed by atoms with van der Waals surface area (Å²) in [5.41, 5.74) is 3.01. The molecular formula is C28H36N2O6. The lowest BCUT2D eigenvalue weighted by molar-refractivity contribution is -0.704. The molecule has 0 fully saturated rings. The minimum absolute atomic E-state index is 0.0687. The van der Waals surface area contributed by atoms with Crippen molar-refractivity contribution in [3.63, 3.8) is 0 Å². The van der Waals surface area contributed by atoms with Crippen molar-refractivity contribution < 1.29 is 33.9 Å². The Morgan fingerprint density at radius 2 is 1.86 bits per heavy atom. The average Bonchev–Trinajstić information content (AvgIpc) is 2.86. The van der Waals surface area contributed by atoms with Crippen molar-refractivity contribution in [3.8, 4) is 0 Å². The number of carboxylic acids is 2. The Morgan fingerprint density at radius 1 is 1.08 bits per heavy atom. The lowest BCUT2D eigenvalue weighted by atomic mass is 10.1. The van der Waals surface area contributed by atoms with Gasteiger partial charge in [0.2, 0.25) is 0 Å². The fourth-order valence-electron chi connectivity index (χ4n) is 3.83. The van der Waals surface area contributed by atoms with Crippen molar-refractivity contribution in [3.05, 3.63) is 77.6 Å². The number of benzene rings is 1. The minimum Gasteiger partial charge on any atom is -0.545 e. The first-order valence-electron chi connectivity index (χ1n) is 12.5. The summed E-state index contributed by atoms with van der Waals surface area (Å²) < 4.78 is 7.19. The Bertz CT molecular complexity index is 1010. The highest BCUT2D eigenvalue weighted by Crippen LogP contribution is 2.09. The van der Waals surface area contributed by atoms with E-state index < -0.39 is 24.1 Å². The van der Waals surface area contributed by atoms with E-state index in [1.165, 1.54) is 5.56 Å². The number of hydrogen-bond donors (Lipinski definition) is 2. The monoisotopic (exact) mass is 496 g/mol. The number of aryl methyl sites for hydroxylation is 2. The summed E-state index contributed by atoms with van der Waals surface area (Å²) in [6, 6.07) is 12.3. The zero-order valence-corrected chi connectivity index (χ0v) is 20.9. The van der Waals surface area contributed by atoms with E-state index in [-0.39, 0.29) is 13.0 Å². The topological polar surface area (TPSA) is 120 Å². The number of ether oxygens (including phenoxy) is 1. The van der Waals surface area contributed by atoms with Gasteiger partial charge in [-0.05, 0) is 42.9 Å². The van der Waals surface area contributed by atoms with Gasteiger partial charge in [0.05, 0.1) is 12.4 Å². The maximum atomic E-state index is 12.1. The van der Waals surface area contributed by atoms with Crippen molar-refractivity contribution in [1.29, 1.82) is 0 Å². The van der Waals surface area contributed by atoms with Crippen molar-refractivity contribution in [1.82, 2.24) is 5.32 Å². The number of aromatic nitrogens is 1. The molecule has 2 aromatic rings. The normalized spacial score (nSPS) is 11.8. The van der Waals surface area contributed by atoms with Crippen LogP contribution in [0.3, 0.4) is 0 Å². The van der Waals surface area contributed by atoms with Crippen molar-refractivity contribution in [2.45, 2.75) is 77.5 Å². The molecular weight excluding hydrogens is 460 g/mol. The molecule has 1 atom stereocenters. The van der Waals surface area contributed by atoms with E-state index in [1.54, 1.807) is 6.08 Å². The van der Waals surface area contributed by atoms with Crippen LogP contribution in [0.5, 0.6) is 0 Å². The highest BCUT2D eigenvalue weighted by molar-refractivity contribution is 5.79. The van der Waals surface area contributed by atoms with Crippen LogP contribution in [0.25, 0.3) is 0 Å². The Balaban J connectivity index is 1.88. The largest absolute Gasteiger partial charge is 0.545 e. The number of unbranched alkanes of at least 4 members (excludes halogenated alkanes) is 3. The standard InChI is InChI=1S/C28H36N2O6/c1-2-3-5-11-22-17-19-30(24(20-22)14-10-16-26(31)32)18-9-8-15-25(27(33)34)29-28(35)36-21-23-12-6-4-7-13-23/h4,6-7,10,12-13,16-17,19-20,25H,2-3,5,8-9,11,14-15,18,21H2,1H3,(H2-,29,31,32,33,34,35)/b16-10+/t25-/m0/s1. The Morgan fingerprint density at radius 3 is 2.56 bits per heavy atom. The molecule has 0 aliphatic carbocycles. The highest BCUT2D eigenvalue weighted by atomic mass is 16.5. The lowest BCUT2D eigenvalue weighted by Crippen LogP contribution is -2.41. The van der Waals surface area contributed by atoms with Gasteiger partial charge in [-0.25, -0.2) is 14.2 Å². The molecule has 0 unspecified atom stereocenters. The van der Waals surface area contributed by atoms with Crippen LogP contribution in [0, 0.1) is 0 Å². The lowest BCUT2D eigenvalue weighted by Gasteiger charge is -2.14. The number of pyridine rings is 1. The number of rotatable bonds is 16. The molecule has 194 valence electrons. The second-order valence-corrected chi connectivity index (χ2v) is 8.70. The van der Waals surface area contributed by atoms with Crippen LogP contribution in [0.4, 0.5) is 4.79 Å². The molecule has 2 rings (SSSR count). The summed E-state index contributed by atoms with van der Waals surface area (Å²) in [4.78, 5) is 34.4. The van der Waals surface area contributed by atoms with Gasteiger partial charge in [-0.2, -0.15) is 0 Å². The first kappa shape index (κ1) is 28.6. The molecule has 8 nitrogen and oxygen atoms in total. The van der Waals surface area contributed by atoms with Gasteiger partial charge in [0.25, 0.3) is 0 Å². The molecule has 1 aromatic heterocycles. The van der Waals surface area contributed by atoms with E-state index >= 15 is 0 Å². The number of hydrogen-bond acceptors (Lipinski definition) is 5. The van der Waals surface area contributed by atoms with E-state index in [0.717, 1.165) is 43.0 Å². The fraction of sp³-hybridized carbons (Fsp3) is 0.429. The average molecular weight is 497 g/mol. The fourth-order valence-corrected chi connectivity index (χ4v) is 3.83. The molecule has 0 aliphatic heterocycles. The van der Waals surface area contributed by atoms with Gasteiger partial charge in [0, 0.05) is 18.6 Å². The Hall–Kier alpha value is -3.68. The van der Waals surface area contributed by atoms with E-state index in [2.05, 4.69) is 28.9 Å².